The van der Waals surface area contributed by atoms with Gasteiger partial charge in [0.25, 0.3) is 0 Å². The van der Waals surface area contributed by atoms with E-state index in [1.54, 1.807) is 6.07 Å². The molecule has 0 aliphatic carbocycles. The highest BCUT2D eigenvalue weighted by Gasteiger charge is 2.31. The molecule has 19 heavy (non-hydrogen) atoms. The standard InChI is InChI=1S/C15H18ClN3/c1-15(2,10-6-4-3-5-7-10)13(17)12-8-11(16)9-19-14(12)18/h3-9,13H,17H2,1-2H3,(H2,18,19). The fraction of sp³-hybridized carbons (Fsp3) is 0.267. The zero-order chi connectivity index (χ0) is 14.0. The Morgan fingerprint density at radius 1 is 1.21 bits per heavy atom. The van der Waals surface area contributed by atoms with Crippen molar-refractivity contribution in [2.45, 2.75) is 25.3 Å². The Morgan fingerprint density at radius 2 is 1.84 bits per heavy atom. The number of hydrogen-bond donors (Lipinski definition) is 2. The molecule has 0 saturated carbocycles. The van der Waals surface area contributed by atoms with Crippen molar-refractivity contribution in [1.29, 1.82) is 0 Å². The molecule has 0 aliphatic heterocycles. The van der Waals surface area contributed by atoms with Crippen LogP contribution in [0, 0.1) is 0 Å². The lowest BCUT2D eigenvalue weighted by Crippen LogP contribution is -2.33. The molecule has 4 N–H and O–H groups in total. The molecule has 1 aromatic carbocycles. The van der Waals surface area contributed by atoms with Gasteiger partial charge in [0.1, 0.15) is 5.82 Å². The summed E-state index contributed by atoms with van der Waals surface area (Å²) in [5.41, 5.74) is 14.0. The van der Waals surface area contributed by atoms with E-state index in [9.17, 15) is 0 Å². The average molecular weight is 276 g/mol. The van der Waals surface area contributed by atoms with E-state index < -0.39 is 0 Å². The highest BCUT2D eigenvalue weighted by Crippen LogP contribution is 2.37. The second kappa shape index (κ2) is 5.19. The van der Waals surface area contributed by atoms with E-state index in [-0.39, 0.29) is 11.5 Å². The lowest BCUT2D eigenvalue weighted by molar-refractivity contribution is 0.421. The number of nitrogen functional groups attached to an aromatic ring is 1. The van der Waals surface area contributed by atoms with Gasteiger partial charge in [-0.3, -0.25) is 0 Å². The summed E-state index contributed by atoms with van der Waals surface area (Å²) in [6, 6.07) is 11.6. The van der Waals surface area contributed by atoms with Gasteiger partial charge in [-0.05, 0) is 11.6 Å². The summed E-state index contributed by atoms with van der Waals surface area (Å²) >= 11 is 5.98. The van der Waals surface area contributed by atoms with Crippen LogP contribution in [0.15, 0.2) is 42.6 Å². The number of aromatic nitrogens is 1. The van der Waals surface area contributed by atoms with Gasteiger partial charge >= 0.3 is 0 Å². The third-order valence-electron chi connectivity index (χ3n) is 3.55. The molecule has 0 saturated heterocycles. The van der Waals surface area contributed by atoms with Gasteiger partial charge in [-0.15, -0.1) is 0 Å². The molecule has 0 spiro atoms. The van der Waals surface area contributed by atoms with Crippen molar-refractivity contribution < 1.29 is 0 Å². The highest BCUT2D eigenvalue weighted by atomic mass is 35.5. The quantitative estimate of drug-likeness (QED) is 0.903. The van der Waals surface area contributed by atoms with Crippen LogP contribution in [0.3, 0.4) is 0 Å². The number of nitrogens with zero attached hydrogens (tertiary/aromatic N) is 1. The predicted octanol–water partition coefficient (Wildman–Crippen LogP) is 3.29. The van der Waals surface area contributed by atoms with Crippen LogP contribution in [-0.4, -0.2) is 4.98 Å². The summed E-state index contributed by atoms with van der Waals surface area (Å²) in [7, 11) is 0. The Kier molecular flexibility index (Phi) is 3.78. The van der Waals surface area contributed by atoms with Crippen molar-refractivity contribution in [2.24, 2.45) is 5.73 Å². The third kappa shape index (κ3) is 2.72. The van der Waals surface area contributed by atoms with Crippen molar-refractivity contribution >= 4 is 17.4 Å². The molecule has 2 rings (SSSR count). The molecule has 100 valence electrons. The number of halogens is 1. The summed E-state index contributed by atoms with van der Waals surface area (Å²) in [6.45, 7) is 4.18. The minimum absolute atomic E-state index is 0.262. The first-order valence-corrected chi connectivity index (χ1v) is 6.52. The molecule has 0 radical (unpaired) electrons. The van der Waals surface area contributed by atoms with Crippen molar-refractivity contribution in [2.75, 3.05) is 5.73 Å². The van der Waals surface area contributed by atoms with Gasteiger partial charge < -0.3 is 11.5 Å². The molecular weight excluding hydrogens is 258 g/mol. The molecule has 1 unspecified atom stereocenters. The summed E-state index contributed by atoms with van der Waals surface area (Å²) in [5.74, 6) is 0.431. The van der Waals surface area contributed by atoms with Crippen molar-refractivity contribution in [3.05, 3.63) is 58.7 Å². The minimum Gasteiger partial charge on any atom is -0.383 e. The van der Waals surface area contributed by atoms with E-state index >= 15 is 0 Å². The number of hydrogen-bond acceptors (Lipinski definition) is 3. The van der Waals surface area contributed by atoms with Gasteiger partial charge in [-0.25, -0.2) is 4.98 Å². The molecular formula is C15H18ClN3. The minimum atomic E-state index is -0.277. The first kappa shape index (κ1) is 13.8. The SMILES string of the molecule is CC(C)(c1ccccc1)C(N)c1cc(Cl)cnc1N. The highest BCUT2D eigenvalue weighted by molar-refractivity contribution is 6.30. The number of anilines is 1. The van der Waals surface area contributed by atoms with Crippen LogP contribution in [-0.2, 0) is 5.41 Å². The van der Waals surface area contributed by atoms with E-state index in [2.05, 4.69) is 31.0 Å². The van der Waals surface area contributed by atoms with E-state index in [0.717, 1.165) is 11.1 Å². The molecule has 3 nitrogen and oxygen atoms in total. The van der Waals surface area contributed by atoms with E-state index in [1.807, 2.05) is 18.2 Å². The number of nitrogens with two attached hydrogens (primary N) is 2. The molecule has 1 atom stereocenters. The lowest BCUT2D eigenvalue weighted by atomic mass is 9.75. The zero-order valence-electron chi connectivity index (χ0n) is 11.1. The summed E-state index contributed by atoms with van der Waals surface area (Å²) in [5, 5.41) is 0.545. The number of pyridine rings is 1. The lowest BCUT2D eigenvalue weighted by Gasteiger charge is -2.33. The van der Waals surface area contributed by atoms with Crippen LogP contribution in [0.2, 0.25) is 5.02 Å². The Labute approximate surface area is 118 Å². The van der Waals surface area contributed by atoms with Crippen LogP contribution in [0.4, 0.5) is 5.82 Å². The van der Waals surface area contributed by atoms with Gasteiger partial charge in [0.2, 0.25) is 0 Å². The Bertz CT molecular complexity index is 567. The van der Waals surface area contributed by atoms with E-state index in [0.29, 0.717) is 10.8 Å². The largest absolute Gasteiger partial charge is 0.383 e. The maximum atomic E-state index is 6.40. The summed E-state index contributed by atoms with van der Waals surface area (Å²) < 4.78 is 0. The second-order valence-electron chi connectivity index (χ2n) is 5.19. The topological polar surface area (TPSA) is 64.9 Å². The third-order valence-corrected chi connectivity index (χ3v) is 3.75. The van der Waals surface area contributed by atoms with Gasteiger partial charge in [0.05, 0.1) is 5.02 Å². The molecule has 0 amide bonds. The van der Waals surface area contributed by atoms with Crippen LogP contribution in [0.5, 0.6) is 0 Å². The van der Waals surface area contributed by atoms with E-state index in [4.69, 9.17) is 23.1 Å². The zero-order valence-corrected chi connectivity index (χ0v) is 11.9. The first-order valence-electron chi connectivity index (χ1n) is 6.15. The van der Waals surface area contributed by atoms with Crippen molar-refractivity contribution in [1.82, 2.24) is 4.98 Å². The Balaban J connectivity index is 2.43. The van der Waals surface area contributed by atoms with Crippen molar-refractivity contribution in [3.8, 4) is 0 Å². The molecule has 2 aromatic rings. The van der Waals surface area contributed by atoms with Crippen LogP contribution in [0.25, 0.3) is 0 Å². The van der Waals surface area contributed by atoms with Gasteiger partial charge in [-0.2, -0.15) is 0 Å². The van der Waals surface area contributed by atoms with Crippen molar-refractivity contribution in [3.63, 3.8) is 0 Å². The molecule has 0 aliphatic rings. The van der Waals surface area contributed by atoms with Crippen LogP contribution < -0.4 is 11.5 Å². The maximum absolute atomic E-state index is 6.40. The van der Waals surface area contributed by atoms with E-state index in [1.165, 1.54) is 6.20 Å². The summed E-state index contributed by atoms with van der Waals surface area (Å²) in [4.78, 5) is 4.07. The monoisotopic (exact) mass is 275 g/mol. The molecule has 1 heterocycles. The van der Waals surface area contributed by atoms with Gasteiger partial charge in [0.15, 0.2) is 0 Å². The maximum Gasteiger partial charge on any atom is 0.128 e. The molecule has 0 bridgehead atoms. The van der Waals surface area contributed by atoms with Gasteiger partial charge in [0, 0.05) is 23.2 Å². The fourth-order valence-corrected chi connectivity index (χ4v) is 2.32. The number of benzene rings is 1. The average Bonchev–Trinajstić information content (AvgIpc) is 2.41. The second-order valence-corrected chi connectivity index (χ2v) is 5.63. The predicted molar refractivity (Wildman–Crippen MR) is 80.1 cm³/mol. The molecule has 4 heteroatoms. The fourth-order valence-electron chi connectivity index (χ4n) is 2.15. The molecule has 0 fully saturated rings. The smallest absolute Gasteiger partial charge is 0.128 e. The summed E-state index contributed by atoms with van der Waals surface area (Å²) in [6.07, 6.45) is 1.53. The first-order chi connectivity index (χ1) is 8.93. The normalized spacial score (nSPS) is 13.3. The van der Waals surface area contributed by atoms with Crippen LogP contribution in [0.1, 0.15) is 31.0 Å². The Morgan fingerprint density at radius 3 is 2.47 bits per heavy atom. The molecule has 1 aromatic heterocycles. The number of rotatable bonds is 3. The Hall–Kier alpha value is -1.58. The van der Waals surface area contributed by atoms with Gasteiger partial charge in [-0.1, -0.05) is 55.8 Å². The van der Waals surface area contributed by atoms with Crippen LogP contribution >= 0.6 is 11.6 Å².